The van der Waals surface area contributed by atoms with Crippen molar-refractivity contribution < 1.29 is 14.3 Å². The van der Waals surface area contributed by atoms with E-state index in [4.69, 9.17) is 4.74 Å². The van der Waals surface area contributed by atoms with Crippen LogP contribution in [0.2, 0.25) is 0 Å². The number of hydrogen-bond donors (Lipinski definition) is 1. The minimum atomic E-state index is -0.168. The second kappa shape index (κ2) is 7.83. The molecule has 0 saturated carbocycles. The van der Waals surface area contributed by atoms with Crippen molar-refractivity contribution in [3.05, 3.63) is 59.7 Å². The number of nitrogens with one attached hydrogen (secondary N) is 1. The van der Waals surface area contributed by atoms with Gasteiger partial charge in [-0.3, -0.25) is 9.59 Å². The third-order valence-corrected chi connectivity index (χ3v) is 4.16. The number of nitrogens with zero attached hydrogens (tertiary/aromatic N) is 1. The fraction of sp³-hybridized carbons (Fsp3) is 0.300. The van der Waals surface area contributed by atoms with Crippen molar-refractivity contribution >= 4 is 17.5 Å². The first-order valence-electron chi connectivity index (χ1n) is 8.56. The van der Waals surface area contributed by atoms with Crippen LogP contribution in [0, 0.1) is 0 Å². The predicted octanol–water partition coefficient (Wildman–Crippen LogP) is 3.46. The minimum absolute atomic E-state index is 0.168. The molecule has 0 radical (unpaired) electrons. The lowest BCUT2D eigenvalue weighted by atomic mass is 10.1. The summed E-state index contributed by atoms with van der Waals surface area (Å²) in [6.07, 6.45) is 1.54. The normalized spacial score (nSPS) is 13.8. The van der Waals surface area contributed by atoms with E-state index in [2.05, 4.69) is 5.32 Å². The average molecular weight is 338 g/mol. The Morgan fingerprint density at radius 2 is 2.00 bits per heavy atom. The van der Waals surface area contributed by atoms with Crippen LogP contribution in [0.15, 0.2) is 48.5 Å². The van der Waals surface area contributed by atoms with Crippen molar-refractivity contribution in [1.82, 2.24) is 4.90 Å². The van der Waals surface area contributed by atoms with Crippen molar-refractivity contribution in [2.75, 3.05) is 18.5 Å². The molecule has 2 aromatic rings. The number of amides is 2. The van der Waals surface area contributed by atoms with Crippen molar-refractivity contribution in [1.29, 1.82) is 0 Å². The third-order valence-electron chi connectivity index (χ3n) is 4.16. The Morgan fingerprint density at radius 1 is 1.20 bits per heavy atom. The minimum Gasteiger partial charge on any atom is -0.494 e. The lowest BCUT2D eigenvalue weighted by Crippen LogP contribution is -2.24. The highest BCUT2D eigenvalue weighted by atomic mass is 16.5. The first-order valence-corrected chi connectivity index (χ1v) is 8.56. The summed E-state index contributed by atoms with van der Waals surface area (Å²) in [5.74, 6) is 0.792. The van der Waals surface area contributed by atoms with Crippen LogP contribution < -0.4 is 10.1 Å². The summed E-state index contributed by atoms with van der Waals surface area (Å²) in [4.78, 5) is 26.0. The molecule has 2 aromatic carbocycles. The Kier molecular flexibility index (Phi) is 5.33. The Bertz CT molecular complexity index is 756. The maximum atomic E-state index is 12.5. The number of anilines is 1. The van der Waals surface area contributed by atoms with E-state index in [1.54, 1.807) is 6.07 Å². The number of rotatable bonds is 6. The number of benzene rings is 2. The molecule has 0 aromatic heterocycles. The Balaban J connectivity index is 1.65. The van der Waals surface area contributed by atoms with Gasteiger partial charge in [0.25, 0.3) is 5.91 Å². The summed E-state index contributed by atoms with van der Waals surface area (Å²) in [5.41, 5.74) is 2.27. The lowest BCUT2D eigenvalue weighted by molar-refractivity contribution is -0.128. The average Bonchev–Trinajstić information content (AvgIpc) is 3.02. The molecule has 3 rings (SSSR count). The van der Waals surface area contributed by atoms with Crippen molar-refractivity contribution in [2.24, 2.45) is 0 Å². The van der Waals surface area contributed by atoms with Crippen LogP contribution in [0.3, 0.4) is 0 Å². The van der Waals surface area contributed by atoms with Gasteiger partial charge in [-0.05, 0) is 55.3 Å². The van der Waals surface area contributed by atoms with Crippen LogP contribution in [-0.4, -0.2) is 29.9 Å². The summed E-state index contributed by atoms with van der Waals surface area (Å²) in [6.45, 7) is 3.89. The third kappa shape index (κ3) is 4.38. The fourth-order valence-corrected chi connectivity index (χ4v) is 2.91. The number of carbonyl (C=O) groups excluding carboxylic acids is 2. The molecule has 1 N–H and O–H groups in total. The molecule has 0 aliphatic carbocycles. The van der Waals surface area contributed by atoms with Crippen LogP contribution in [0.5, 0.6) is 5.75 Å². The van der Waals surface area contributed by atoms with Gasteiger partial charge in [-0.1, -0.05) is 12.1 Å². The van der Waals surface area contributed by atoms with Gasteiger partial charge in [-0.25, -0.2) is 0 Å². The molecule has 0 spiro atoms. The molecule has 2 amide bonds. The van der Waals surface area contributed by atoms with Gasteiger partial charge in [0.05, 0.1) is 6.61 Å². The summed E-state index contributed by atoms with van der Waals surface area (Å²) in [7, 11) is 0. The van der Waals surface area contributed by atoms with Crippen LogP contribution in [0.4, 0.5) is 5.69 Å². The molecule has 5 nitrogen and oxygen atoms in total. The number of hydrogen-bond acceptors (Lipinski definition) is 3. The van der Waals surface area contributed by atoms with E-state index in [0.717, 1.165) is 24.3 Å². The molecule has 1 aliphatic heterocycles. The topological polar surface area (TPSA) is 58.6 Å². The summed E-state index contributed by atoms with van der Waals surface area (Å²) >= 11 is 0. The molecule has 1 aliphatic rings. The Hall–Kier alpha value is -2.82. The van der Waals surface area contributed by atoms with Gasteiger partial charge in [0, 0.05) is 30.8 Å². The van der Waals surface area contributed by atoms with Crippen molar-refractivity contribution in [2.45, 2.75) is 26.3 Å². The van der Waals surface area contributed by atoms with Crippen LogP contribution in [-0.2, 0) is 11.3 Å². The van der Waals surface area contributed by atoms with E-state index >= 15 is 0 Å². The van der Waals surface area contributed by atoms with Crippen LogP contribution in [0.25, 0.3) is 0 Å². The SMILES string of the molecule is CCOc1ccc(NC(=O)c2cccc(CN3CCCC3=O)c2)cc1. The number of ether oxygens (including phenoxy) is 1. The molecular weight excluding hydrogens is 316 g/mol. The fourth-order valence-electron chi connectivity index (χ4n) is 2.91. The van der Waals surface area contributed by atoms with Crippen LogP contribution in [0.1, 0.15) is 35.7 Å². The van der Waals surface area contributed by atoms with E-state index in [-0.39, 0.29) is 11.8 Å². The molecule has 0 atom stereocenters. The van der Waals surface area contributed by atoms with Gasteiger partial charge < -0.3 is 15.0 Å². The predicted molar refractivity (Wildman–Crippen MR) is 96.7 cm³/mol. The van der Waals surface area contributed by atoms with E-state index in [9.17, 15) is 9.59 Å². The van der Waals surface area contributed by atoms with Gasteiger partial charge in [-0.15, -0.1) is 0 Å². The van der Waals surface area contributed by atoms with Crippen molar-refractivity contribution in [3.63, 3.8) is 0 Å². The summed E-state index contributed by atoms with van der Waals surface area (Å²) < 4.78 is 5.39. The largest absolute Gasteiger partial charge is 0.494 e. The van der Waals surface area contributed by atoms with Gasteiger partial charge >= 0.3 is 0 Å². The van der Waals surface area contributed by atoms with E-state index in [1.165, 1.54) is 0 Å². The van der Waals surface area contributed by atoms with Gasteiger partial charge in [-0.2, -0.15) is 0 Å². The maximum Gasteiger partial charge on any atom is 0.255 e. The zero-order chi connectivity index (χ0) is 17.6. The monoisotopic (exact) mass is 338 g/mol. The van der Waals surface area contributed by atoms with E-state index in [1.807, 2.05) is 54.3 Å². The molecule has 1 fully saturated rings. The quantitative estimate of drug-likeness (QED) is 0.877. The first-order chi connectivity index (χ1) is 12.2. The first kappa shape index (κ1) is 17.0. The second-order valence-corrected chi connectivity index (χ2v) is 6.03. The molecule has 130 valence electrons. The molecule has 1 heterocycles. The molecule has 5 heteroatoms. The zero-order valence-electron chi connectivity index (χ0n) is 14.3. The molecular formula is C20H22N2O3. The smallest absolute Gasteiger partial charge is 0.255 e. The molecule has 1 saturated heterocycles. The second-order valence-electron chi connectivity index (χ2n) is 6.03. The maximum absolute atomic E-state index is 12.5. The number of carbonyl (C=O) groups is 2. The summed E-state index contributed by atoms with van der Waals surface area (Å²) in [6, 6.07) is 14.7. The van der Waals surface area contributed by atoms with E-state index in [0.29, 0.717) is 30.8 Å². The lowest BCUT2D eigenvalue weighted by Gasteiger charge is -2.16. The number of likely N-dealkylation sites (tertiary alicyclic amines) is 1. The Morgan fingerprint density at radius 3 is 2.68 bits per heavy atom. The highest BCUT2D eigenvalue weighted by Crippen LogP contribution is 2.18. The molecule has 0 unspecified atom stereocenters. The van der Waals surface area contributed by atoms with Gasteiger partial charge in [0.2, 0.25) is 5.91 Å². The molecule has 0 bridgehead atoms. The van der Waals surface area contributed by atoms with E-state index < -0.39 is 0 Å². The molecule has 25 heavy (non-hydrogen) atoms. The highest BCUT2D eigenvalue weighted by molar-refractivity contribution is 6.04. The zero-order valence-corrected chi connectivity index (χ0v) is 14.3. The van der Waals surface area contributed by atoms with Crippen LogP contribution >= 0.6 is 0 Å². The van der Waals surface area contributed by atoms with Crippen molar-refractivity contribution in [3.8, 4) is 5.75 Å². The Labute approximate surface area is 147 Å². The highest BCUT2D eigenvalue weighted by Gasteiger charge is 2.20. The van der Waals surface area contributed by atoms with Gasteiger partial charge in [0.15, 0.2) is 0 Å². The summed E-state index contributed by atoms with van der Waals surface area (Å²) in [5, 5.41) is 2.88. The van der Waals surface area contributed by atoms with Gasteiger partial charge in [0.1, 0.15) is 5.75 Å². The standard InChI is InChI=1S/C20H22N2O3/c1-2-25-18-10-8-17(9-11-18)21-20(24)16-6-3-5-15(13-16)14-22-12-4-7-19(22)23/h3,5-6,8-11,13H,2,4,7,12,14H2,1H3,(H,21,24).